The van der Waals surface area contributed by atoms with Crippen LogP contribution >= 0.6 is 0 Å². The molecule has 3 aliphatic heterocycles. The Kier molecular flexibility index (Phi) is 5.10. The highest BCUT2D eigenvalue weighted by Gasteiger charge is 2.49. The fourth-order valence-corrected chi connectivity index (χ4v) is 10.5. The third-order valence-corrected chi connectivity index (χ3v) is 12.6. The number of aromatic nitrogens is 5. The van der Waals surface area contributed by atoms with E-state index in [0.29, 0.717) is 0 Å². The van der Waals surface area contributed by atoms with Crippen molar-refractivity contribution in [1.29, 1.82) is 0 Å². The van der Waals surface area contributed by atoms with Crippen LogP contribution in [0.4, 0.5) is 11.4 Å². The van der Waals surface area contributed by atoms with Gasteiger partial charge < -0.3 is 18.6 Å². The van der Waals surface area contributed by atoms with Crippen LogP contribution in [0.25, 0.3) is 72.3 Å². The Morgan fingerprint density at radius 1 is 0.585 bits per heavy atom. The van der Waals surface area contributed by atoms with Gasteiger partial charge in [-0.2, -0.15) is 0 Å². The fraction of sp³-hybridized carbons (Fsp3) is 0.0870. The number of fused-ring (bicyclic) bond motifs is 12. The average Bonchev–Trinajstić information content (AvgIpc) is 3.94. The highest BCUT2D eigenvalue weighted by atomic mass is 15.2. The number of anilines is 2. The molecule has 13 rings (SSSR count). The second-order valence-corrected chi connectivity index (χ2v) is 15.0. The van der Waals surface area contributed by atoms with Crippen molar-refractivity contribution in [1.82, 2.24) is 23.7 Å². The molecule has 0 amide bonds. The zero-order chi connectivity index (χ0) is 34.7. The third kappa shape index (κ3) is 3.28. The molecule has 53 heavy (non-hydrogen) atoms. The highest BCUT2D eigenvalue weighted by Crippen LogP contribution is 2.53. The molecular weight excluding hydrogens is 647 g/mol. The Morgan fingerprint density at radius 3 is 2.00 bits per heavy atom. The monoisotopic (exact) mass is 678 g/mol. The van der Waals surface area contributed by atoms with Gasteiger partial charge in [0.25, 0.3) is 6.71 Å². The van der Waals surface area contributed by atoms with Gasteiger partial charge in [-0.25, -0.2) is 9.97 Å². The van der Waals surface area contributed by atoms with Crippen LogP contribution in [0.15, 0.2) is 140 Å². The van der Waals surface area contributed by atoms with E-state index in [2.05, 4.69) is 172 Å². The summed E-state index contributed by atoms with van der Waals surface area (Å²) < 4.78 is 7.07. The molecule has 6 nitrogen and oxygen atoms in total. The van der Waals surface area contributed by atoms with Crippen LogP contribution in [0.2, 0.25) is 0 Å². The normalized spacial score (nSPS) is 17.4. The summed E-state index contributed by atoms with van der Waals surface area (Å²) in [5.41, 5.74) is 18.6. The number of aryl methyl sites for hydroxylation is 2. The quantitative estimate of drug-likeness (QED) is 0.176. The summed E-state index contributed by atoms with van der Waals surface area (Å²) in [4.78, 5) is 13.1. The molecule has 0 radical (unpaired) electrons. The minimum absolute atomic E-state index is 0.0719. The van der Waals surface area contributed by atoms with E-state index < -0.39 is 0 Å². The summed E-state index contributed by atoms with van der Waals surface area (Å²) >= 11 is 0. The number of hydrogen-bond donors (Lipinski definition) is 0. The van der Waals surface area contributed by atoms with Crippen molar-refractivity contribution >= 4 is 78.3 Å². The lowest BCUT2D eigenvalue weighted by Crippen LogP contribution is -2.61. The molecule has 0 bridgehead atoms. The van der Waals surface area contributed by atoms with E-state index >= 15 is 0 Å². The predicted octanol–water partition coefficient (Wildman–Crippen LogP) is 7.76. The number of nitrogens with zero attached hydrogens (tertiary/aromatic N) is 6. The fourth-order valence-electron chi connectivity index (χ4n) is 10.5. The summed E-state index contributed by atoms with van der Waals surface area (Å²) in [5, 5.41) is 2.52. The van der Waals surface area contributed by atoms with Crippen LogP contribution in [0.5, 0.6) is 0 Å². The first-order valence-electron chi connectivity index (χ1n) is 18.5. The van der Waals surface area contributed by atoms with Crippen molar-refractivity contribution in [3.8, 4) is 28.5 Å². The topological polar surface area (TPSA) is 43.8 Å². The second kappa shape index (κ2) is 9.63. The van der Waals surface area contributed by atoms with Gasteiger partial charge in [-0.3, -0.25) is 0 Å². The van der Waals surface area contributed by atoms with Crippen LogP contribution in [-0.4, -0.2) is 36.4 Å². The number of allylic oxidation sites excluding steroid dienone is 2. The molecule has 248 valence electrons. The van der Waals surface area contributed by atoms with Gasteiger partial charge in [0.05, 0.1) is 39.1 Å². The third-order valence-electron chi connectivity index (χ3n) is 12.6. The Hall–Kier alpha value is -6.60. The molecule has 0 saturated carbocycles. The first-order chi connectivity index (χ1) is 26.2. The van der Waals surface area contributed by atoms with E-state index in [1.54, 1.807) is 0 Å². The summed E-state index contributed by atoms with van der Waals surface area (Å²) in [6.45, 7) is 0.0719. The van der Waals surface area contributed by atoms with E-state index in [9.17, 15) is 0 Å². The van der Waals surface area contributed by atoms with Crippen molar-refractivity contribution in [2.45, 2.75) is 12.0 Å². The molecule has 3 aromatic heterocycles. The van der Waals surface area contributed by atoms with Crippen molar-refractivity contribution < 1.29 is 0 Å². The van der Waals surface area contributed by atoms with Crippen LogP contribution in [0.1, 0.15) is 11.5 Å². The Morgan fingerprint density at radius 2 is 1.23 bits per heavy atom. The summed E-state index contributed by atoms with van der Waals surface area (Å²) in [5.74, 6) is 2.22. The molecule has 2 unspecified atom stereocenters. The molecular formula is C46H31BN6. The predicted molar refractivity (Wildman–Crippen MR) is 218 cm³/mol. The number of imidazole rings is 2. The number of benzene rings is 6. The van der Waals surface area contributed by atoms with E-state index in [4.69, 9.17) is 9.97 Å². The summed E-state index contributed by atoms with van der Waals surface area (Å²) in [6.07, 6.45) is 9.26. The molecule has 6 heterocycles. The van der Waals surface area contributed by atoms with Gasteiger partial charge in [-0.15, -0.1) is 0 Å². The zero-order valence-corrected chi connectivity index (χ0v) is 29.2. The second-order valence-electron chi connectivity index (χ2n) is 15.0. The van der Waals surface area contributed by atoms with E-state index in [1.165, 1.54) is 66.4 Å². The SMILES string of the molecule is Cn1c(-c2ccc3c4c2C2C=CC=CC2N4c2cccc4c2B3c2ccc(-c3nc5ccccc5n3C)c3c5ccccc5n-4c23)nc2ccccc21. The van der Waals surface area contributed by atoms with Crippen molar-refractivity contribution in [3.05, 3.63) is 145 Å². The largest absolute Gasteiger partial charge is 0.334 e. The lowest BCUT2D eigenvalue weighted by Gasteiger charge is -2.40. The molecule has 2 atom stereocenters. The lowest BCUT2D eigenvalue weighted by atomic mass is 9.33. The van der Waals surface area contributed by atoms with Gasteiger partial charge in [-0.05, 0) is 64.4 Å². The van der Waals surface area contributed by atoms with Gasteiger partial charge in [0.2, 0.25) is 0 Å². The minimum atomic E-state index is 0.0719. The van der Waals surface area contributed by atoms with E-state index in [1.807, 2.05) is 0 Å². The summed E-state index contributed by atoms with van der Waals surface area (Å²) in [6, 6.07) is 42.5. The Bertz CT molecular complexity index is 3190. The van der Waals surface area contributed by atoms with Gasteiger partial charge in [0.15, 0.2) is 0 Å². The minimum Gasteiger partial charge on any atom is -0.334 e. The number of para-hydroxylation sites is 5. The molecule has 0 fully saturated rings. The maximum absolute atomic E-state index is 5.24. The van der Waals surface area contributed by atoms with Crippen LogP contribution in [-0.2, 0) is 14.1 Å². The van der Waals surface area contributed by atoms with Crippen molar-refractivity contribution in [2.24, 2.45) is 14.1 Å². The van der Waals surface area contributed by atoms with E-state index in [-0.39, 0.29) is 18.7 Å². The Balaban J connectivity index is 1.15. The van der Waals surface area contributed by atoms with Gasteiger partial charge in [0, 0.05) is 59.0 Å². The van der Waals surface area contributed by atoms with Crippen LogP contribution < -0.4 is 21.3 Å². The smallest absolute Gasteiger partial charge is 0.252 e. The zero-order valence-electron chi connectivity index (χ0n) is 29.2. The maximum Gasteiger partial charge on any atom is 0.252 e. The van der Waals surface area contributed by atoms with Crippen molar-refractivity contribution in [3.63, 3.8) is 0 Å². The molecule has 0 N–H and O–H groups in total. The van der Waals surface area contributed by atoms with Gasteiger partial charge in [0.1, 0.15) is 11.6 Å². The number of hydrogen-bond acceptors (Lipinski definition) is 3. The van der Waals surface area contributed by atoms with E-state index in [0.717, 1.165) is 39.3 Å². The average molecular weight is 679 g/mol. The first-order valence-corrected chi connectivity index (χ1v) is 18.5. The molecule has 9 aromatic rings. The van der Waals surface area contributed by atoms with Gasteiger partial charge in [-0.1, -0.05) is 97.1 Å². The van der Waals surface area contributed by atoms with Crippen LogP contribution in [0, 0.1) is 0 Å². The lowest BCUT2D eigenvalue weighted by molar-refractivity contribution is 0.745. The van der Waals surface area contributed by atoms with Crippen molar-refractivity contribution in [2.75, 3.05) is 4.90 Å². The van der Waals surface area contributed by atoms with Gasteiger partial charge >= 0.3 is 0 Å². The summed E-state index contributed by atoms with van der Waals surface area (Å²) in [7, 11) is 4.30. The first kappa shape index (κ1) is 28.0. The maximum atomic E-state index is 5.24. The molecule has 4 aliphatic rings. The molecule has 0 saturated heterocycles. The Labute approximate surface area is 305 Å². The van der Waals surface area contributed by atoms with Crippen LogP contribution in [0.3, 0.4) is 0 Å². The molecule has 6 aromatic carbocycles. The number of rotatable bonds is 2. The molecule has 7 heteroatoms. The highest BCUT2D eigenvalue weighted by molar-refractivity contribution is 7.00. The molecule has 1 aliphatic carbocycles. The standard InChI is InChI=1S/C46H31BN6/c1-50-36-18-9-5-14-32(36)48-45(50)28-22-24-30-43-40(28)26-12-3-7-16-34(26)52(43)38-20-11-21-39-42(38)47(30)31-25-23-29(46-49-33-15-6-10-19-37(33)51(46)2)41-27-13-4-8-17-35(27)53(39)44(31)41/h3-26,34H,1-2H3. The molecule has 0 spiro atoms.